The van der Waals surface area contributed by atoms with E-state index in [4.69, 9.17) is 4.74 Å². The molecule has 0 aliphatic carbocycles. The molecule has 120 valence electrons. The van der Waals surface area contributed by atoms with E-state index in [1.165, 1.54) is 0 Å². The second-order valence-corrected chi connectivity index (χ2v) is 8.25. The Morgan fingerprint density at radius 2 is 1.95 bits per heavy atom. The van der Waals surface area contributed by atoms with Crippen LogP contribution in [-0.4, -0.2) is 38.0 Å². The predicted octanol–water partition coefficient (Wildman–Crippen LogP) is 2.74. The van der Waals surface area contributed by atoms with Gasteiger partial charge in [0.25, 0.3) is 0 Å². The molecule has 22 heavy (non-hydrogen) atoms. The maximum Gasteiger partial charge on any atom is 0.243 e. The van der Waals surface area contributed by atoms with Crippen LogP contribution in [-0.2, 0) is 14.8 Å². The van der Waals surface area contributed by atoms with Gasteiger partial charge in [-0.05, 0) is 31.9 Å². The van der Waals surface area contributed by atoms with Crippen LogP contribution in [0, 0.1) is 12.8 Å². The summed E-state index contributed by atoms with van der Waals surface area (Å²) in [5.41, 5.74) is 2.18. The molecule has 3 atom stereocenters. The van der Waals surface area contributed by atoms with Crippen LogP contribution in [0.4, 0.5) is 0 Å². The average molecular weight is 321 g/mol. The number of aryl methyl sites for hydroxylation is 1. The van der Waals surface area contributed by atoms with Crippen LogP contribution in [0.2, 0.25) is 0 Å². The fourth-order valence-corrected chi connectivity index (χ4v) is 4.78. The van der Waals surface area contributed by atoms with Gasteiger partial charge in [-0.3, -0.25) is 0 Å². The highest BCUT2D eigenvalue weighted by Gasteiger charge is 2.44. The first-order valence-electron chi connectivity index (χ1n) is 7.81. The number of rotatable bonds is 3. The van der Waals surface area contributed by atoms with Crippen molar-refractivity contribution in [2.75, 3.05) is 13.1 Å². The molecule has 1 aromatic rings. The number of fused-ring (bicyclic) bond motifs is 1. The molecular weight excluding hydrogens is 298 g/mol. The van der Waals surface area contributed by atoms with Crippen LogP contribution in [0.1, 0.15) is 25.3 Å². The molecule has 5 heteroatoms. The van der Waals surface area contributed by atoms with Crippen LogP contribution >= 0.6 is 0 Å². The first kappa shape index (κ1) is 15.7. The van der Waals surface area contributed by atoms with Gasteiger partial charge in [-0.2, -0.15) is 4.31 Å². The van der Waals surface area contributed by atoms with Crippen LogP contribution in [0.15, 0.2) is 41.3 Å². The molecule has 0 spiro atoms. The molecule has 0 bridgehead atoms. The third-order valence-corrected chi connectivity index (χ3v) is 6.57. The first-order valence-corrected chi connectivity index (χ1v) is 9.25. The highest BCUT2D eigenvalue weighted by Crippen LogP contribution is 2.37. The Bertz CT molecular complexity index is 666. The largest absolute Gasteiger partial charge is 0.373 e. The Labute approximate surface area is 132 Å². The summed E-state index contributed by atoms with van der Waals surface area (Å²) in [6.45, 7) is 9.10. The molecular formula is C17H23NO3S. The van der Waals surface area contributed by atoms with E-state index in [1.807, 2.05) is 19.1 Å². The third-order valence-electron chi connectivity index (χ3n) is 4.73. The minimum atomic E-state index is -3.45. The lowest BCUT2D eigenvalue weighted by atomic mass is 9.89. The molecule has 2 aliphatic heterocycles. The minimum Gasteiger partial charge on any atom is -0.373 e. The van der Waals surface area contributed by atoms with Gasteiger partial charge in [-0.15, -0.1) is 0 Å². The molecule has 2 heterocycles. The monoisotopic (exact) mass is 321 g/mol. The van der Waals surface area contributed by atoms with Crippen LogP contribution < -0.4 is 0 Å². The van der Waals surface area contributed by atoms with Crippen molar-refractivity contribution in [3.8, 4) is 0 Å². The Kier molecular flexibility index (Phi) is 4.14. The Hall–Kier alpha value is -1.17. The number of hydrogen-bond acceptors (Lipinski definition) is 3. The number of ether oxygens (including phenoxy) is 1. The summed E-state index contributed by atoms with van der Waals surface area (Å²) in [6, 6.07) is 7.02. The van der Waals surface area contributed by atoms with Gasteiger partial charge in [0.15, 0.2) is 0 Å². The van der Waals surface area contributed by atoms with Crippen LogP contribution in [0.25, 0.3) is 0 Å². The van der Waals surface area contributed by atoms with E-state index in [-0.39, 0.29) is 18.1 Å². The topological polar surface area (TPSA) is 46.6 Å². The second-order valence-electron chi connectivity index (χ2n) is 6.31. The zero-order valence-electron chi connectivity index (χ0n) is 13.2. The summed E-state index contributed by atoms with van der Waals surface area (Å²) in [5, 5.41) is 0. The zero-order valence-corrected chi connectivity index (χ0v) is 14.0. The molecule has 1 aromatic carbocycles. The molecule has 2 fully saturated rings. The quantitative estimate of drug-likeness (QED) is 0.804. The van der Waals surface area contributed by atoms with Gasteiger partial charge in [-0.25, -0.2) is 8.42 Å². The van der Waals surface area contributed by atoms with Crippen molar-refractivity contribution >= 4 is 10.0 Å². The molecule has 0 aromatic heterocycles. The van der Waals surface area contributed by atoms with Crippen molar-refractivity contribution in [1.29, 1.82) is 0 Å². The van der Waals surface area contributed by atoms with E-state index in [0.717, 1.165) is 24.0 Å². The summed E-state index contributed by atoms with van der Waals surface area (Å²) >= 11 is 0. The van der Waals surface area contributed by atoms with Crippen molar-refractivity contribution in [2.24, 2.45) is 5.92 Å². The Balaban J connectivity index is 1.82. The maximum atomic E-state index is 12.8. The molecule has 3 rings (SSSR count). The van der Waals surface area contributed by atoms with Gasteiger partial charge in [0.2, 0.25) is 10.0 Å². The zero-order chi connectivity index (χ0) is 15.9. The summed E-state index contributed by atoms with van der Waals surface area (Å²) in [7, 11) is -3.45. The van der Waals surface area contributed by atoms with Crippen molar-refractivity contribution in [1.82, 2.24) is 4.31 Å². The van der Waals surface area contributed by atoms with E-state index in [2.05, 4.69) is 13.5 Å². The van der Waals surface area contributed by atoms with Crippen molar-refractivity contribution in [3.63, 3.8) is 0 Å². The van der Waals surface area contributed by atoms with Crippen LogP contribution in [0.5, 0.6) is 0 Å². The number of sulfonamides is 1. The number of hydrogen-bond donors (Lipinski definition) is 0. The second kappa shape index (κ2) is 5.80. The molecule has 0 N–H and O–H groups in total. The van der Waals surface area contributed by atoms with Gasteiger partial charge < -0.3 is 4.74 Å². The molecule has 0 saturated carbocycles. The van der Waals surface area contributed by atoms with Gasteiger partial charge in [0, 0.05) is 19.0 Å². The fraction of sp³-hybridized carbons (Fsp3) is 0.529. The number of benzene rings is 1. The van der Waals surface area contributed by atoms with Gasteiger partial charge in [0.1, 0.15) is 0 Å². The molecule has 2 saturated heterocycles. The smallest absolute Gasteiger partial charge is 0.243 e. The van der Waals surface area contributed by atoms with Gasteiger partial charge in [0.05, 0.1) is 17.1 Å². The standard InChI is InChI=1S/C17H23NO3S/c1-4-14-9-13(3)16-10-18(11-17(16)21-14)22(19,20)15-7-5-12(2)6-8-15/h5-8,14,16-17H,3-4,9-11H2,1-2H3. The van der Waals surface area contributed by atoms with E-state index in [1.54, 1.807) is 16.4 Å². The maximum absolute atomic E-state index is 12.8. The van der Waals surface area contributed by atoms with E-state index < -0.39 is 10.0 Å². The minimum absolute atomic E-state index is 0.0496. The first-order chi connectivity index (χ1) is 10.4. The highest BCUT2D eigenvalue weighted by atomic mass is 32.2. The Morgan fingerprint density at radius 3 is 2.59 bits per heavy atom. The highest BCUT2D eigenvalue weighted by molar-refractivity contribution is 7.89. The van der Waals surface area contributed by atoms with E-state index >= 15 is 0 Å². The van der Waals surface area contributed by atoms with Gasteiger partial charge >= 0.3 is 0 Å². The van der Waals surface area contributed by atoms with E-state index in [0.29, 0.717) is 18.0 Å². The molecule has 2 aliphatic rings. The third kappa shape index (κ3) is 2.73. The normalized spacial score (nSPS) is 29.5. The summed E-state index contributed by atoms with van der Waals surface area (Å²) in [4.78, 5) is 0.356. The summed E-state index contributed by atoms with van der Waals surface area (Å²) < 4.78 is 33.2. The lowest BCUT2D eigenvalue weighted by Gasteiger charge is -2.33. The van der Waals surface area contributed by atoms with Crippen molar-refractivity contribution in [3.05, 3.63) is 42.0 Å². The lowest BCUT2D eigenvalue weighted by Crippen LogP contribution is -2.35. The molecule has 0 amide bonds. The van der Waals surface area contributed by atoms with Crippen molar-refractivity contribution in [2.45, 2.75) is 43.8 Å². The summed E-state index contributed by atoms with van der Waals surface area (Å²) in [5.74, 6) is 0.128. The van der Waals surface area contributed by atoms with Crippen molar-refractivity contribution < 1.29 is 13.2 Å². The summed E-state index contributed by atoms with van der Waals surface area (Å²) in [6.07, 6.45) is 1.91. The van der Waals surface area contributed by atoms with E-state index in [9.17, 15) is 8.42 Å². The SMILES string of the molecule is C=C1CC(CC)OC2CN(S(=O)(=O)c3ccc(C)cc3)CC12. The molecule has 4 nitrogen and oxygen atoms in total. The van der Waals surface area contributed by atoms with Crippen LogP contribution in [0.3, 0.4) is 0 Å². The lowest BCUT2D eigenvalue weighted by molar-refractivity contribution is -0.0415. The molecule has 3 unspecified atom stereocenters. The molecule has 0 radical (unpaired) electrons. The fourth-order valence-electron chi connectivity index (χ4n) is 3.30. The Morgan fingerprint density at radius 1 is 1.27 bits per heavy atom. The number of nitrogens with zero attached hydrogens (tertiary/aromatic N) is 1. The average Bonchev–Trinajstić information content (AvgIpc) is 2.93. The predicted molar refractivity (Wildman–Crippen MR) is 86.1 cm³/mol. The van der Waals surface area contributed by atoms with Gasteiger partial charge in [-0.1, -0.05) is 36.8 Å².